The summed E-state index contributed by atoms with van der Waals surface area (Å²) in [6.45, 7) is 0. The largest absolute Gasteiger partial charge is 0.436 e. The van der Waals surface area contributed by atoms with E-state index in [0.717, 1.165) is 4.90 Å². The van der Waals surface area contributed by atoms with Crippen molar-refractivity contribution >= 4 is 45.2 Å². The molecule has 0 atom stereocenters. The highest BCUT2D eigenvalue weighted by Crippen LogP contribution is 2.23. The van der Waals surface area contributed by atoms with Crippen molar-refractivity contribution in [1.29, 1.82) is 0 Å². The molecule has 0 aliphatic carbocycles. The van der Waals surface area contributed by atoms with Crippen LogP contribution in [0.1, 0.15) is 10.4 Å². The van der Waals surface area contributed by atoms with Gasteiger partial charge >= 0.3 is 0 Å². The standard InChI is InChI=1S/C14H9ClO2S2/c15-14(18)17-11-8-6-10(7-9-11)13(16)19-12-4-2-1-3-5-12/h1-9H. The van der Waals surface area contributed by atoms with Crippen LogP contribution in [0.2, 0.25) is 0 Å². The Labute approximate surface area is 125 Å². The second-order valence-electron chi connectivity index (χ2n) is 3.57. The summed E-state index contributed by atoms with van der Waals surface area (Å²) >= 11 is 11.3. The molecule has 2 nitrogen and oxygen atoms in total. The van der Waals surface area contributed by atoms with Gasteiger partial charge in [0.05, 0.1) is 0 Å². The third-order valence-corrected chi connectivity index (χ3v) is 3.33. The predicted molar refractivity (Wildman–Crippen MR) is 82.2 cm³/mol. The van der Waals surface area contributed by atoms with Gasteiger partial charge in [-0.25, -0.2) is 0 Å². The first-order chi connectivity index (χ1) is 9.15. The predicted octanol–water partition coefficient (Wildman–Crippen LogP) is 4.52. The molecular weight excluding hydrogens is 300 g/mol. The highest BCUT2D eigenvalue weighted by molar-refractivity contribution is 8.14. The molecule has 0 N–H and O–H groups in total. The summed E-state index contributed by atoms with van der Waals surface area (Å²) < 4.78 is 4.97. The molecule has 0 radical (unpaired) electrons. The summed E-state index contributed by atoms with van der Waals surface area (Å²) in [4.78, 5) is 12.9. The number of benzene rings is 2. The zero-order valence-electron chi connectivity index (χ0n) is 9.71. The molecule has 0 saturated carbocycles. The fourth-order valence-corrected chi connectivity index (χ4v) is 2.35. The van der Waals surface area contributed by atoms with Gasteiger partial charge in [-0.05, 0) is 72.0 Å². The number of hydrogen-bond acceptors (Lipinski definition) is 4. The van der Waals surface area contributed by atoms with E-state index >= 15 is 0 Å². The smallest absolute Gasteiger partial charge is 0.260 e. The van der Waals surface area contributed by atoms with Crippen LogP contribution in [0, 0.1) is 0 Å². The quantitative estimate of drug-likeness (QED) is 0.473. The van der Waals surface area contributed by atoms with Crippen LogP contribution in [0.4, 0.5) is 0 Å². The Morgan fingerprint density at radius 1 is 1.05 bits per heavy atom. The fourth-order valence-electron chi connectivity index (χ4n) is 1.41. The lowest BCUT2D eigenvalue weighted by atomic mass is 10.2. The van der Waals surface area contributed by atoms with Crippen molar-refractivity contribution < 1.29 is 9.53 Å². The van der Waals surface area contributed by atoms with Crippen molar-refractivity contribution in [1.82, 2.24) is 0 Å². The van der Waals surface area contributed by atoms with Gasteiger partial charge in [0.25, 0.3) is 4.51 Å². The van der Waals surface area contributed by atoms with Gasteiger partial charge in [-0.1, -0.05) is 18.2 Å². The Bertz CT molecular complexity index is 582. The molecule has 96 valence electrons. The van der Waals surface area contributed by atoms with Gasteiger partial charge < -0.3 is 4.74 Å². The van der Waals surface area contributed by atoms with Crippen LogP contribution >= 0.6 is 35.6 Å². The van der Waals surface area contributed by atoms with Crippen molar-refractivity contribution in [2.45, 2.75) is 4.90 Å². The number of thioether (sulfide) groups is 1. The highest BCUT2D eigenvalue weighted by atomic mass is 35.5. The van der Waals surface area contributed by atoms with Crippen LogP contribution in [-0.2, 0) is 0 Å². The summed E-state index contributed by atoms with van der Waals surface area (Å²) in [6.07, 6.45) is 0. The number of ether oxygens (including phenoxy) is 1. The normalized spacial score (nSPS) is 9.95. The van der Waals surface area contributed by atoms with Gasteiger partial charge in [-0.3, -0.25) is 4.79 Å². The Balaban J connectivity index is 2.05. The number of carbonyl (C=O) groups excluding carboxylic acids is 1. The monoisotopic (exact) mass is 308 g/mol. The maximum Gasteiger partial charge on any atom is 0.260 e. The molecule has 0 spiro atoms. The molecule has 0 bridgehead atoms. The summed E-state index contributed by atoms with van der Waals surface area (Å²) in [7, 11) is 0. The number of thiocarbonyl (C=S) groups is 1. The van der Waals surface area contributed by atoms with Gasteiger partial charge in [-0.2, -0.15) is 0 Å². The number of rotatable bonds is 3. The molecule has 0 aliphatic heterocycles. The molecular formula is C14H9ClO2S2. The molecule has 0 aromatic heterocycles. The summed E-state index contributed by atoms with van der Waals surface area (Å²) in [5.41, 5.74) is 0.599. The minimum Gasteiger partial charge on any atom is -0.436 e. The van der Waals surface area contributed by atoms with Gasteiger partial charge in [0.1, 0.15) is 5.75 Å². The van der Waals surface area contributed by atoms with Crippen LogP contribution < -0.4 is 4.74 Å². The van der Waals surface area contributed by atoms with Crippen LogP contribution in [0.15, 0.2) is 59.5 Å². The second kappa shape index (κ2) is 6.70. The van der Waals surface area contributed by atoms with Gasteiger partial charge in [0.2, 0.25) is 5.12 Å². The average Bonchev–Trinajstić information content (AvgIpc) is 2.40. The van der Waals surface area contributed by atoms with Crippen molar-refractivity contribution in [3.63, 3.8) is 0 Å². The summed E-state index contributed by atoms with van der Waals surface area (Å²) in [6, 6.07) is 16.2. The fraction of sp³-hybridized carbons (Fsp3) is 0. The lowest BCUT2D eigenvalue weighted by Gasteiger charge is -2.03. The Hall–Kier alpha value is -1.36. The van der Waals surface area contributed by atoms with Gasteiger partial charge in [-0.15, -0.1) is 0 Å². The van der Waals surface area contributed by atoms with Gasteiger partial charge in [0, 0.05) is 10.5 Å². The van der Waals surface area contributed by atoms with Crippen molar-refractivity contribution in [3.05, 3.63) is 60.2 Å². The average molecular weight is 309 g/mol. The molecule has 5 heteroatoms. The van der Waals surface area contributed by atoms with E-state index in [1.165, 1.54) is 11.8 Å². The maximum absolute atomic E-state index is 12.0. The van der Waals surface area contributed by atoms with E-state index in [9.17, 15) is 4.79 Å². The number of halogens is 1. The van der Waals surface area contributed by atoms with Crippen molar-refractivity contribution in [2.24, 2.45) is 0 Å². The molecule has 2 aromatic rings. The topological polar surface area (TPSA) is 26.3 Å². The first-order valence-corrected chi connectivity index (χ1v) is 7.00. The first kappa shape index (κ1) is 14.1. The van der Waals surface area contributed by atoms with E-state index in [2.05, 4.69) is 12.2 Å². The third kappa shape index (κ3) is 4.35. The van der Waals surface area contributed by atoms with Gasteiger partial charge in [0.15, 0.2) is 0 Å². The van der Waals surface area contributed by atoms with Crippen molar-refractivity contribution in [2.75, 3.05) is 0 Å². The second-order valence-corrected chi connectivity index (χ2v) is 5.55. The zero-order chi connectivity index (χ0) is 13.7. The Kier molecular flexibility index (Phi) is 4.96. The van der Waals surface area contributed by atoms with E-state index in [4.69, 9.17) is 16.3 Å². The molecule has 0 aliphatic rings. The molecule has 19 heavy (non-hydrogen) atoms. The van der Waals surface area contributed by atoms with E-state index in [-0.39, 0.29) is 9.63 Å². The molecule has 2 aromatic carbocycles. The van der Waals surface area contributed by atoms with Crippen LogP contribution in [-0.4, -0.2) is 9.63 Å². The van der Waals surface area contributed by atoms with Crippen LogP contribution in [0.3, 0.4) is 0 Å². The summed E-state index contributed by atoms with van der Waals surface area (Å²) in [5.74, 6) is 0.515. The molecule has 0 heterocycles. The zero-order valence-corrected chi connectivity index (χ0v) is 12.1. The maximum atomic E-state index is 12.0. The lowest BCUT2D eigenvalue weighted by Crippen LogP contribution is -1.97. The SMILES string of the molecule is O=C(Sc1ccccc1)c1ccc(OC(=S)Cl)cc1. The molecule has 0 amide bonds. The molecule has 0 saturated heterocycles. The minimum absolute atomic E-state index is 0.0220. The van der Waals surface area contributed by atoms with E-state index in [1.807, 2.05) is 30.3 Å². The number of hydrogen-bond donors (Lipinski definition) is 0. The lowest BCUT2D eigenvalue weighted by molar-refractivity contribution is 0.108. The van der Waals surface area contributed by atoms with Crippen LogP contribution in [0.25, 0.3) is 0 Å². The Morgan fingerprint density at radius 3 is 2.26 bits per heavy atom. The van der Waals surface area contributed by atoms with Crippen molar-refractivity contribution in [3.8, 4) is 5.75 Å². The summed E-state index contributed by atoms with van der Waals surface area (Å²) in [5, 5.41) is -0.0220. The van der Waals surface area contributed by atoms with E-state index < -0.39 is 0 Å². The third-order valence-electron chi connectivity index (χ3n) is 2.24. The highest BCUT2D eigenvalue weighted by Gasteiger charge is 2.08. The van der Waals surface area contributed by atoms with E-state index in [1.54, 1.807) is 24.3 Å². The van der Waals surface area contributed by atoms with Crippen LogP contribution in [0.5, 0.6) is 5.75 Å². The first-order valence-electron chi connectivity index (χ1n) is 5.40. The minimum atomic E-state index is -0.0715. The molecule has 2 rings (SSSR count). The Morgan fingerprint density at radius 2 is 1.68 bits per heavy atom. The molecule has 0 fully saturated rings. The van der Waals surface area contributed by atoms with E-state index in [0.29, 0.717) is 11.3 Å². The number of carbonyl (C=O) groups is 1. The molecule has 0 unspecified atom stereocenters.